The summed E-state index contributed by atoms with van der Waals surface area (Å²) in [4.78, 5) is 27.6. The van der Waals surface area contributed by atoms with Gasteiger partial charge in [0.1, 0.15) is 5.82 Å². The molecule has 0 saturated carbocycles. The quantitative estimate of drug-likeness (QED) is 0.719. The van der Waals surface area contributed by atoms with Crippen LogP contribution in [0.1, 0.15) is 35.3 Å². The van der Waals surface area contributed by atoms with E-state index in [9.17, 15) is 14.0 Å². The lowest BCUT2D eigenvalue weighted by atomic mass is 10.0. The zero-order valence-corrected chi connectivity index (χ0v) is 17.8. The van der Waals surface area contributed by atoms with Crippen LogP contribution in [0.25, 0.3) is 0 Å². The third kappa shape index (κ3) is 6.16. The Morgan fingerprint density at radius 3 is 2.21 bits per heavy atom. The predicted molar refractivity (Wildman–Crippen MR) is 118 cm³/mol. The molecule has 1 aliphatic heterocycles. The Balaban J connectivity index is 0.00000210. The van der Waals surface area contributed by atoms with E-state index in [2.05, 4.69) is 0 Å². The Morgan fingerprint density at radius 2 is 1.66 bits per heavy atom. The van der Waals surface area contributed by atoms with Crippen molar-refractivity contribution in [3.63, 3.8) is 0 Å². The maximum absolute atomic E-state index is 14.3. The number of benzene rings is 2. The molecule has 0 aliphatic carbocycles. The van der Waals surface area contributed by atoms with Crippen molar-refractivity contribution in [3.05, 3.63) is 65.5 Å². The molecule has 1 unspecified atom stereocenters. The maximum Gasteiger partial charge on any atom is 0.224 e. The summed E-state index contributed by atoms with van der Waals surface area (Å²) in [7, 11) is 0. The van der Waals surface area contributed by atoms with Gasteiger partial charge in [-0.25, -0.2) is 4.39 Å². The first kappa shape index (κ1) is 24.9. The number of nitrogens with zero attached hydrogens (tertiary/aromatic N) is 2. The molecular weight excluding hydrogens is 416 g/mol. The topological polar surface area (TPSA) is 66.6 Å². The third-order valence-corrected chi connectivity index (χ3v) is 4.95. The first-order chi connectivity index (χ1) is 13.0. The molecule has 0 radical (unpaired) electrons. The lowest BCUT2D eigenvalue weighted by Gasteiger charge is -2.36. The molecule has 8 heteroatoms. The van der Waals surface area contributed by atoms with Crippen molar-refractivity contribution in [2.24, 2.45) is 5.73 Å². The van der Waals surface area contributed by atoms with Gasteiger partial charge in [-0.15, -0.1) is 24.8 Å². The highest BCUT2D eigenvalue weighted by Gasteiger charge is 2.24. The molecule has 0 spiro atoms. The lowest BCUT2D eigenvalue weighted by molar-refractivity contribution is -0.131. The number of ketones is 1. The number of carbonyl (C=O) groups excluding carboxylic acids is 2. The standard InChI is InChI=1S/C21H24FN3O2.2ClH/c1-15(26)17-7-8-20(18(22)13-17)24-9-11-25(12-10-24)21(27)14-19(23)16-5-3-2-4-6-16;;/h2-8,13,19H,9-12,14,23H2,1H3;2*1H. The van der Waals surface area contributed by atoms with Crippen LogP contribution in [0.4, 0.5) is 10.1 Å². The van der Waals surface area contributed by atoms with Crippen molar-refractivity contribution in [1.82, 2.24) is 4.90 Å². The van der Waals surface area contributed by atoms with E-state index in [1.807, 2.05) is 35.2 Å². The van der Waals surface area contributed by atoms with Crippen LogP contribution in [0.5, 0.6) is 0 Å². The fraction of sp³-hybridized carbons (Fsp3) is 0.333. The van der Waals surface area contributed by atoms with Crippen LogP contribution in [0.3, 0.4) is 0 Å². The fourth-order valence-electron chi connectivity index (χ4n) is 3.31. The number of hydrogen-bond acceptors (Lipinski definition) is 4. The van der Waals surface area contributed by atoms with E-state index in [-0.39, 0.29) is 49.0 Å². The highest BCUT2D eigenvalue weighted by atomic mass is 35.5. The summed E-state index contributed by atoms with van der Waals surface area (Å²) in [6.07, 6.45) is 0.256. The second kappa shape index (κ2) is 11.1. The largest absolute Gasteiger partial charge is 0.366 e. The summed E-state index contributed by atoms with van der Waals surface area (Å²) < 4.78 is 14.3. The number of hydrogen-bond donors (Lipinski definition) is 1. The monoisotopic (exact) mass is 441 g/mol. The van der Waals surface area contributed by atoms with Gasteiger partial charge in [0.05, 0.1) is 5.69 Å². The van der Waals surface area contributed by atoms with Crippen molar-refractivity contribution < 1.29 is 14.0 Å². The van der Waals surface area contributed by atoms with Crippen LogP contribution in [-0.4, -0.2) is 42.8 Å². The average Bonchev–Trinajstić information content (AvgIpc) is 2.68. The molecule has 1 amide bonds. The molecule has 1 fully saturated rings. The van der Waals surface area contributed by atoms with Crippen molar-refractivity contribution in [1.29, 1.82) is 0 Å². The van der Waals surface area contributed by atoms with Crippen LogP contribution >= 0.6 is 24.8 Å². The number of carbonyl (C=O) groups is 2. The van der Waals surface area contributed by atoms with Gasteiger partial charge in [-0.2, -0.15) is 0 Å². The second-order valence-corrected chi connectivity index (χ2v) is 6.81. The van der Waals surface area contributed by atoms with Gasteiger partial charge in [-0.1, -0.05) is 30.3 Å². The minimum absolute atomic E-state index is 0. The summed E-state index contributed by atoms with van der Waals surface area (Å²) in [6, 6.07) is 13.8. The van der Waals surface area contributed by atoms with Gasteiger partial charge in [0.15, 0.2) is 5.78 Å². The predicted octanol–water partition coefficient (Wildman–Crippen LogP) is 3.61. The normalized spacial score (nSPS) is 14.4. The van der Waals surface area contributed by atoms with E-state index < -0.39 is 5.82 Å². The Hall–Kier alpha value is -2.15. The van der Waals surface area contributed by atoms with E-state index in [0.29, 0.717) is 37.4 Å². The zero-order chi connectivity index (χ0) is 19.4. The van der Waals surface area contributed by atoms with Crippen LogP contribution in [-0.2, 0) is 4.79 Å². The molecule has 158 valence electrons. The Labute approximate surface area is 182 Å². The molecule has 2 aromatic rings. The van der Waals surface area contributed by atoms with E-state index >= 15 is 0 Å². The van der Waals surface area contributed by atoms with E-state index in [1.165, 1.54) is 13.0 Å². The van der Waals surface area contributed by atoms with Crippen LogP contribution < -0.4 is 10.6 Å². The van der Waals surface area contributed by atoms with Gasteiger partial charge >= 0.3 is 0 Å². The van der Waals surface area contributed by atoms with Crippen molar-refractivity contribution >= 4 is 42.2 Å². The number of halogens is 3. The van der Waals surface area contributed by atoms with Gasteiger partial charge in [0.25, 0.3) is 0 Å². The zero-order valence-electron chi connectivity index (χ0n) is 16.2. The number of rotatable bonds is 5. The second-order valence-electron chi connectivity index (χ2n) is 6.81. The first-order valence-electron chi connectivity index (χ1n) is 9.09. The molecule has 29 heavy (non-hydrogen) atoms. The smallest absolute Gasteiger partial charge is 0.224 e. The summed E-state index contributed by atoms with van der Waals surface area (Å²) in [6.45, 7) is 3.55. The lowest BCUT2D eigenvalue weighted by Crippen LogP contribution is -2.49. The van der Waals surface area contributed by atoms with Crippen molar-refractivity contribution in [2.45, 2.75) is 19.4 Å². The van der Waals surface area contributed by atoms with Crippen molar-refractivity contribution in [3.8, 4) is 0 Å². The molecule has 0 bridgehead atoms. The summed E-state index contributed by atoms with van der Waals surface area (Å²) >= 11 is 0. The van der Waals surface area contributed by atoms with Gasteiger partial charge in [-0.05, 0) is 30.7 Å². The highest BCUT2D eigenvalue weighted by molar-refractivity contribution is 5.94. The molecule has 3 rings (SSSR count). The number of nitrogens with two attached hydrogens (primary N) is 1. The summed E-state index contributed by atoms with van der Waals surface area (Å²) in [5.41, 5.74) is 7.91. The van der Waals surface area contributed by atoms with E-state index in [1.54, 1.807) is 17.0 Å². The molecular formula is C21H26Cl2FN3O2. The minimum Gasteiger partial charge on any atom is -0.366 e. The molecule has 1 aliphatic rings. The Bertz CT molecular complexity index is 828. The van der Waals surface area contributed by atoms with Gasteiger partial charge < -0.3 is 15.5 Å². The minimum atomic E-state index is -0.409. The van der Waals surface area contributed by atoms with E-state index in [4.69, 9.17) is 5.73 Å². The number of amides is 1. The van der Waals surface area contributed by atoms with Crippen LogP contribution in [0, 0.1) is 5.82 Å². The van der Waals surface area contributed by atoms with Crippen molar-refractivity contribution in [2.75, 3.05) is 31.1 Å². The van der Waals surface area contributed by atoms with Gasteiger partial charge in [0, 0.05) is 44.2 Å². The summed E-state index contributed by atoms with van der Waals surface area (Å²) in [5, 5.41) is 0. The molecule has 0 aromatic heterocycles. The van der Waals surface area contributed by atoms with Gasteiger partial charge in [-0.3, -0.25) is 9.59 Å². The third-order valence-electron chi connectivity index (χ3n) is 4.95. The first-order valence-corrected chi connectivity index (χ1v) is 9.09. The molecule has 1 saturated heterocycles. The number of piperazine rings is 1. The SMILES string of the molecule is CC(=O)c1ccc(N2CCN(C(=O)CC(N)c3ccccc3)CC2)c(F)c1.Cl.Cl. The highest BCUT2D eigenvalue weighted by Crippen LogP contribution is 2.23. The fourth-order valence-corrected chi connectivity index (χ4v) is 3.31. The Kier molecular flexibility index (Phi) is 9.56. The molecule has 2 N–H and O–H groups in total. The van der Waals surface area contributed by atoms with Gasteiger partial charge in [0.2, 0.25) is 5.91 Å². The Morgan fingerprint density at radius 1 is 1.03 bits per heavy atom. The molecule has 2 aromatic carbocycles. The van der Waals surface area contributed by atoms with E-state index in [0.717, 1.165) is 5.56 Å². The average molecular weight is 442 g/mol. The maximum atomic E-state index is 14.3. The summed E-state index contributed by atoms with van der Waals surface area (Å²) in [5.74, 6) is -0.558. The van der Waals surface area contributed by atoms with Crippen LogP contribution in [0.2, 0.25) is 0 Å². The molecule has 1 atom stereocenters. The number of Topliss-reactive ketones (excluding diaryl/α,β-unsaturated/α-hetero) is 1. The number of anilines is 1. The van der Waals surface area contributed by atoms with Crippen LogP contribution in [0.15, 0.2) is 48.5 Å². The molecule has 5 nitrogen and oxygen atoms in total. The molecule has 1 heterocycles.